The van der Waals surface area contributed by atoms with Crippen molar-refractivity contribution in [3.05, 3.63) is 52.8 Å². The van der Waals surface area contributed by atoms with Crippen molar-refractivity contribution < 1.29 is 4.79 Å². The summed E-state index contributed by atoms with van der Waals surface area (Å²) in [5.74, 6) is 0.0566. The molecule has 0 radical (unpaired) electrons. The molecule has 3 heteroatoms. The zero-order valence-corrected chi connectivity index (χ0v) is 11.1. The van der Waals surface area contributed by atoms with Gasteiger partial charge in [-0.15, -0.1) is 0 Å². The number of aryl methyl sites for hydroxylation is 4. The predicted octanol–water partition coefficient (Wildman–Crippen LogP) is 3.08. The van der Waals surface area contributed by atoms with Gasteiger partial charge in [0.15, 0.2) is 0 Å². The van der Waals surface area contributed by atoms with E-state index < -0.39 is 0 Å². The molecule has 0 N–H and O–H groups in total. The second kappa shape index (κ2) is 5.17. The molecule has 18 heavy (non-hydrogen) atoms. The molecule has 0 saturated carbocycles. The molecule has 0 spiro atoms. The van der Waals surface area contributed by atoms with Crippen LogP contribution in [0.25, 0.3) is 0 Å². The SMILES string of the molecule is Cc1ccc(CCC(=O)n2nc(C)cc2C)cc1. The van der Waals surface area contributed by atoms with Gasteiger partial charge in [-0.2, -0.15) is 5.10 Å². The maximum absolute atomic E-state index is 12.0. The van der Waals surface area contributed by atoms with Gasteiger partial charge in [-0.25, -0.2) is 4.68 Å². The van der Waals surface area contributed by atoms with Crippen LogP contribution in [0.2, 0.25) is 0 Å². The van der Waals surface area contributed by atoms with Crippen molar-refractivity contribution >= 4 is 5.91 Å². The number of hydrogen-bond acceptors (Lipinski definition) is 2. The van der Waals surface area contributed by atoms with E-state index in [4.69, 9.17) is 0 Å². The van der Waals surface area contributed by atoms with Gasteiger partial charge in [0.2, 0.25) is 5.91 Å². The van der Waals surface area contributed by atoms with Crippen LogP contribution in [-0.4, -0.2) is 15.7 Å². The first kappa shape index (κ1) is 12.6. The number of nitrogens with zero attached hydrogens (tertiary/aromatic N) is 2. The van der Waals surface area contributed by atoms with Crippen LogP contribution in [0.15, 0.2) is 30.3 Å². The lowest BCUT2D eigenvalue weighted by Crippen LogP contribution is -2.14. The maximum Gasteiger partial charge on any atom is 0.247 e. The van der Waals surface area contributed by atoms with Crippen molar-refractivity contribution in [1.29, 1.82) is 0 Å². The topological polar surface area (TPSA) is 34.9 Å². The minimum atomic E-state index is 0.0566. The average Bonchev–Trinajstić information content (AvgIpc) is 2.67. The highest BCUT2D eigenvalue weighted by molar-refractivity contribution is 5.78. The molecule has 1 aromatic heterocycles. The molecule has 2 aromatic rings. The van der Waals surface area contributed by atoms with E-state index in [2.05, 4.69) is 36.3 Å². The Bertz CT molecular complexity index is 552. The van der Waals surface area contributed by atoms with Crippen molar-refractivity contribution in [2.75, 3.05) is 0 Å². The summed E-state index contributed by atoms with van der Waals surface area (Å²) >= 11 is 0. The summed E-state index contributed by atoms with van der Waals surface area (Å²) in [6.45, 7) is 5.87. The van der Waals surface area contributed by atoms with E-state index in [0.29, 0.717) is 6.42 Å². The summed E-state index contributed by atoms with van der Waals surface area (Å²) in [6, 6.07) is 10.2. The molecule has 0 aliphatic carbocycles. The fourth-order valence-corrected chi connectivity index (χ4v) is 1.99. The van der Waals surface area contributed by atoms with Crippen molar-refractivity contribution in [3.63, 3.8) is 0 Å². The van der Waals surface area contributed by atoms with Gasteiger partial charge in [0, 0.05) is 12.1 Å². The normalized spacial score (nSPS) is 10.6. The van der Waals surface area contributed by atoms with Crippen LogP contribution in [-0.2, 0) is 6.42 Å². The van der Waals surface area contributed by atoms with Gasteiger partial charge < -0.3 is 0 Å². The second-order valence-electron chi connectivity index (χ2n) is 4.72. The summed E-state index contributed by atoms with van der Waals surface area (Å²) in [5, 5.41) is 4.20. The van der Waals surface area contributed by atoms with Crippen LogP contribution in [0.1, 0.15) is 33.7 Å². The van der Waals surface area contributed by atoms with Gasteiger partial charge in [0.25, 0.3) is 0 Å². The zero-order chi connectivity index (χ0) is 13.1. The van der Waals surface area contributed by atoms with Gasteiger partial charge in [0.1, 0.15) is 0 Å². The van der Waals surface area contributed by atoms with Gasteiger partial charge >= 0.3 is 0 Å². The number of carbonyl (C=O) groups excluding carboxylic acids is 1. The van der Waals surface area contributed by atoms with E-state index in [1.807, 2.05) is 19.9 Å². The van der Waals surface area contributed by atoms with Gasteiger partial charge in [-0.1, -0.05) is 29.8 Å². The predicted molar refractivity (Wildman–Crippen MR) is 71.8 cm³/mol. The van der Waals surface area contributed by atoms with E-state index in [-0.39, 0.29) is 5.91 Å². The Balaban J connectivity index is 2.00. The third-order valence-corrected chi connectivity index (χ3v) is 2.99. The molecule has 2 rings (SSSR count). The molecule has 0 amide bonds. The van der Waals surface area contributed by atoms with E-state index in [0.717, 1.165) is 17.8 Å². The zero-order valence-electron chi connectivity index (χ0n) is 11.1. The maximum atomic E-state index is 12.0. The summed E-state index contributed by atoms with van der Waals surface area (Å²) < 4.78 is 1.50. The van der Waals surface area contributed by atoms with Gasteiger partial charge in [0.05, 0.1) is 5.69 Å². The number of benzene rings is 1. The molecule has 3 nitrogen and oxygen atoms in total. The molecule has 0 aliphatic heterocycles. The number of rotatable bonds is 3. The molecule has 0 bridgehead atoms. The first-order valence-electron chi connectivity index (χ1n) is 6.18. The molecule has 0 fully saturated rings. The summed E-state index contributed by atoms with van der Waals surface area (Å²) in [4.78, 5) is 12.0. The Morgan fingerprint density at radius 1 is 1.17 bits per heavy atom. The second-order valence-corrected chi connectivity index (χ2v) is 4.72. The summed E-state index contributed by atoms with van der Waals surface area (Å²) in [5.41, 5.74) is 4.22. The Morgan fingerprint density at radius 3 is 2.39 bits per heavy atom. The van der Waals surface area contributed by atoms with Gasteiger partial charge in [-0.3, -0.25) is 4.79 Å². The monoisotopic (exact) mass is 242 g/mol. The van der Waals surface area contributed by atoms with Crippen LogP contribution in [0.5, 0.6) is 0 Å². The van der Waals surface area contributed by atoms with E-state index in [9.17, 15) is 4.79 Å². The van der Waals surface area contributed by atoms with E-state index >= 15 is 0 Å². The van der Waals surface area contributed by atoms with Crippen molar-refractivity contribution in [2.45, 2.75) is 33.6 Å². The lowest BCUT2D eigenvalue weighted by atomic mass is 10.1. The van der Waals surface area contributed by atoms with Crippen LogP contribution < -0.4 is 0 Å². The van der Waals surface area contributed by atoms with Gasteiger partial charge in [-0.05, 0) is 38.8 Å². The highest BCUT2D eigenvalue weighted by Gasteiger charge is 2.09. The first-order valence-corrected chi connectivity index (χ1v) is 6.18. The first-order chi connectivity index (χ1) is 8.56. The van der Waals surface area contributed by atoms with Crippen molar-refractivity contribution in [2.24, 2.45) is 0 Å². The fraction of sp³-hybridized carbons (Fsp3) is 0.333. The van der Waals surface area contributed by atoms with E-state index in [1.165, 1.54) is 15.8 Å². The molecular formula is C15H18N2O. The minimum absolute atomic E-state index is 0.0566. The summed E-state index contributed by atoms with van der Waals surface area (Å²) in [7, 11) is 0. The van der Waals surface area contributed by atoms with Crippen molar-refractivity contribution in [1.82, 2.24) is 9.78 Å². The van der Waals surface area contributed by atoms with E-state index in [1.54, 1.807) is 0 Å². The smallest absolute Gasteiger partial charge is 0.247 e. The minimum Gasteiger partial charge on any atom is -0.273 e. The lowest BCUT2D eigenvalue weighted by molar-refractivity contribution is 0.0884. The molecule has 1 aromatic carbocycles. The Kier molecular flexibility index (Phi) is 3.60. The standard InChI is InChI=1S/C15H18N2O/c1-11-4-6-14(7-5-11)8-9-15(18)17-13(3)10-12(2)16-17/h4-7,10H,8-9H2,1-3H3. The van der Waals surface area contributed by atoms with Crippen LogP contribution in [0.4, 0.5) is 0 Å². The van der Waals surface area contributed by atoms with Crippen molar-refractivity contribution in [3.8, 4) is 0 Å². The summed E-state index contributed by atoms with van der Waals surface area (Å²) in [6.07, 6.45) is 1.25. The Labute approximate surface area is 107 Å². The van der Waals surface area contributed by atoms with Crippen LogP contribution in [0.3, 0.4) is 0 Å². The highest BCUT2D eigenvalue weighted by Crippen LogP contribution is 2.08. The molecule has 0 atom stereocenters. The number of hydrogen-bond donors (Lipinski definition) is 0. The third kappa shape index (κ3) is 2.86. The molecule has 0 aliphatic rings. The molecule has 94 valence electrons. The highest BCUT2D eigenvalue weighted by atomic mass is 16.2. The molecule has 0 unspecified atom stereocenters. The number of carbonyl (C=O) groups is 1. The van der Waals surface area contributed by atoms with Crippen LogP contribution in [0, 0.1) is 20.8 Å². The largest absolute Gasteiger partial charge is 0.273 e. The third-order valence-electron chi connectivity index (χ3n) is 2.99. The lowest BCUT2D eigenvalue weighted by Gasteiger charge is -2.04. The Morgan fingerprint density at radius 2 is 1.83 bits per heavy atom. The number of aromatic nitrogens is 2. The van der Waals surface area contributed by atoms with Crippen LogP contribution >= 0.6 is 0 Å². The molecular weight excluding hydrogens is 224 g/mol. The quantitative estimate of drug-likeness (QED) is 0.829. The molecule has 0 saturated heterocycles. The Hall–Kier alpha value is -1.90. The molecule has 1 heterocycles. The average molecular weight is 242 g/mol. The fourth-order valence-electron chi connectivity index (χ4n) is 1.99.